The molecule has 0 aliphatic carbocycles. The van der Waals surface area contributed by atoms with Crippen molar-refractivity contribution in [1.82, 2.24) is 24.7 Å². The smallest absolute Gasteiger partial charge is 0.274 e. The van der Waals surface area contributed by atoms with Crippen LogP contribution in [-0.4, -0.2) is 37.3 Å². The van der Waals surface area contributed by atoms with Gasteiger partial charge in [-0.2, -0.15) is 5.10 Å². The summed E-state index contributed by atoms with van der Waals surface area (Å²) in [5.74, 6) is -2.08. The predicted octanol–water partition coefficient (Wildman–Crippen LogP) is 4.55. The average Bonchev–Trinajstić information content (AvgIpc) is 3.22. The van der Waals surface area contributed by atoms with Crippen molar-refractivity contribution in [3.63, 3.8) is 0 Å². The van der Waals surface area contributed by atoms with E-state index in [1.807, 2.05) is 0 Å². The number of nitrogens with zero attached hydrogens (tertiary/aromatic N) is 5. The van der Waals surface area contributed by atoms with Crippen LogP contribution in [0.4, 0.5) is 23.4 Å². The summed E-state index contributed by atoms with van der Waals surface area (Å²) in [7, 11) is 1.66. The van der Waals surface area contributed by atoms with Gasteiger partial charge in [0.05, 0.1) is 10.9 Å². The lowest BCUT2D eigenvalue weighted by atomic mass is 10.00. The first-order valence-electron chi connectivity index (χ1n) is 9.80. The lowest BCUT2D eigenvalue weighted by molar-refractivity contribution is 0.0210. The van der Waals surface area contributed by atoms with Crippen LogP contribution >= 0.6 is 11.6 Å². The van der Waals surface area contributed by atoms with E-state index >= 15 is 0 Å². The molecule has 178 valence electrons. The van der Waals surface area contributed by atoms with Gasteiger partial charge in [0.1, 0.15) is 35.9 Å². The Morgan fingerprint density at radius 2 is 1.91 bits per heavy atom. The van der Waals surface area contributed by atoms with Crippen molar-refractivity contribution in [2.75, 3.05) is 5.73 Å². The largest absolute Gasteiger partial charge is 0.481 e. The Kier molecular flexibility index (Phi) is 6.42. The third-order valence-electron chi connectivity index (χ3n) is 4.84. The summed E-state index contributed by atoms with van der Waals surface area (Å²) in [6.45, 7) is 0.985. The number of alkyl halides is 2. The fraction of sp³-hybridized carbons (Fsp3) is 0.238. The number of hydrogen-bond donors (Lipinski definition) is 1. The van der Waals surface area contributed by atoms with Gasteiger partial charge < -0.3 is 15.2 Å². The number of anilines is 1. The summed E-state index contributed by atoms with van der Waals surface area (Å²) in [5, 5.41) is 3.44. The number of ether oxygens (including phenoxy) is 2. The Morgan fingerprint density at radius 1 is 1.15 bits per heavy atom. The quantitative estimate of drug-likeness (QED) is 0.296. The van der Waals surface area contributed by atoms with Crippen LogP contribution in [0.5, 0.6) is 11.5 Å². The van der Waals surface area contributed by atoms with Gasteiger partial charge in [0, 0.05) is 18.2 Å². The first-order valence-corrected chi connectivity index (χ1v) is 10.2. The summed E-state index contributed by atoms with van der Waals surface area (Å²) in [6, 6.07) is 3.36. The highest BCUT2D eigenvalue weighted by molar-refractivity contribution is 6.31. The number of rotatable bonds is 7. The third-order valence-corrected chi connectivity index (χ3v) is 5.19. The molecule has 8 nitrogen and oxygen atoms in total. The number of nitrogens with two attached hydrogens (primary N) is 1. The zero-order valence-electron chi connectivity index (χ0n) is 17.8. The average molecular weight is 497 g/mol. The van der Waals surface area contributed by atoms with Crippen LogP contribution in [-0.2, 0) is 13.7 Å². The zero-order valence-corrected chi connectivity index (χ0v) is 18.5. The molecule has 34 heavy (non-hydrogen) atoms. The summed E-state index contributed by atoms with van der Waals surface area (Å²) >= 11 is 5.75. The van der Waals surface area contributed by atoms with Gasteiger partial charge in [-0.15, -0.1) is 0 Å². The number of benzene rings is 2. The van der Waals surface area contributed by atoms with Crippen LogP contribution in [0, 0.1) is 11.6 Å². The zero-order chi connectivity index (χ0) is 24.6. The van der Waals surface area contributed by atoms with E-state index in [9.17, 15) is 17.6 Å². The van der Waals surface area contributed by atoms with E-state index in [2.05, 4.69) is 20.1 Å². The van der Waals surface area contributed by atoms with E-state index in [4.69, 9.17) is 26.8 Å². The molecule has 0 amide bonds. The number of halogens is 5. The maximum Gasteiger partial charge on any atom is 0.274 e. The Hall–Kier alpha value is -3.67. The normalized spacial score (nSPS) is 12.4. The van der Waals surface area contributed by atoms with Crippen LogP contribution in [0.25, 0.3) is 22.0 Å². The predicted molar refractivity (Wildman–Crippen MR) is 116 cm³/mol. The Bertz CT molecular complexity index is 1370. The maximum absolute atomic E-state index is 14.9. The second-order valence-corrected chi connectivity index (χ2v) is 7.62. The minimum absolute atomic E-state index is 0.0586. The van der Waals surface area contributed by atoms with E-state index in [1.165, 1.54) is 17.1 Å². The van der Waals surface area contributed by atoms with Crippen molar-refractivity contribution in [1.29, 1.82) is 0 Å². The first-order chi connectivity index (χ1) is 16.2. The van der Waals surface area contributed by atoms with Gasteiger partial charge in [0.15, 0.2) is 29.2 Å². The minimum atomic E-state index is -2.84. The summed E-state index contributed by atoms with van der Waals surface area (Å²) in [6.07, 6.45) is -1.82. The molecule has 2 aromatic carbocycles. The molecular weight excluding hydrogens is 480 g/mol. The molecule has 0 bridgehead atoms. The molecule has 2 N–H and O–H groups in total. The second kappa shape index (κ2) is 9.29. The second-order valence-electron chi connectivity index (χ2n) is 7.24. The van der Waals surface area contributed by atoms with Gasteiger partial charge in [0.25, 0.3) is 6.43 Å². The molecule has 4 aromatic rings. The third kappa shape index (κ3) is 4.40. The summed E-state index contributed by atoms with van der Waals surface area (Å²) in [5.41, 5.74) is 6.09. The molecule has 1 atom stereocenters. The van der Waals surface area contributed by atoms with Crippen molar-refractivity contribution in [3.8, 4) is 22.6 Å². The van der Waals surface area contributed by atoms with E-state index in [-0.39, 0.29) is 46.0 Å². The summed E-state index contributed by atoms with van der Waals surface area (Å²) < 4.78 is 68.1. The molecule has 0 radical (unpaired) electrons. The van der Waals surface area contributed by atoms with Crippen molar-refractivity contribution < 1.29 is 27.0 Å². The van der Waals surface area contributed by atoms with Gasteiger partial charge in [-0.1, -0.05) is 11.6 Å². The number of aryl methyl sites for hydroxylation is 1. The molecule has 0 unspecified atom stereocenters. The molecule has 0 saturated heterocycles. The first kappa shape index (κ1) is 23.5. The number of fused-ring (bicyclic) bond motifs is 1. The fourth-order valence-corrected chi connectivity index (χ4v) is 3.39. The Balaban J connectivity index is 1.95. The van der Waals surface area contributed by atoms with Crippen molar-refractivity contribution >= 4 is 28.3 Å². The van der Waals surface area contributed by atoms with Crippen LogP contribution in [0.3, 0.4) is 0 Å². The Labute approximate surface area is 195 Å². The molecule has 4 rings (SSSR count). The highest BCUT2D eigenvalue weighted by Crippen LogP contribution is 2.45. The molecule has 2 heterocycles. The molecule has 13 heteroatoms. The number of hydrogen-bond acceptors (Lipinski definition) is 7. The highest BCUT2D eigenvalue weighted by atomic mass is 35.5. The SMILES string of the molecule is C[C@@H](Oc1cc(-c2ccc(F)c(Cl)c2F)c2ncnc(N)c2c1OCc1ncn(C)n1)C(F)F. The standard InChI is InChI=1S/C21H17ClF4N6O2/c1-9(20(25)26)34-13-5-11(10-3-4-12(23)16(22)17(10)24)18-15(21(27)29-7-28-18)19(13)33-6-14-30-8-32(2)31-14/h3-5,7-9,20H,6H2,1-2H3,(H2,27,28,29)/t9-/m1/s1. The molecule has 0 saturated carbocycles. The van der Waals surface area contributed by atoms with E-state index in [0.717, 1.165) is 25.4 Å². The molecule has 2 aromatic heterocycles. The van der Waals surface area contributed by atoms with Crippen LogP contribution < -0.4 is 15.2 Å². The van der Waals surface area contributed by atoms with E-state index < -0.39 is 29.2 Å². The number of aromatic nitrogens is 5. The van der Waals surface area contributed by atoms with Crippen LogP contribution in [0.15, 0.2) is 30.9 Å². The minimum Gasteiger partial charge on any atom is -0.481 e. The van der Waals surface area contributed by atoms with Gasteiger partial charge >= 0.3 is 0 Å². The van der Waals surface area contributed by atoms with Gasteiger partial charge in [0.2, 0.25) is 0 Å². The van der Waals surface area contributed by atoms with Crippen LogP contribution in [0.1, 0.15) is 12.7 Å². The fourth-order valence-electron chi connectivity index (χ4n) is 3.22. The van der Waals surface area contributed by atoms with E-state index in [1.54, 1.807) is 7.05 Å². The lowest BCUT2D eigenvalue weighted by Crippen LogP contribution is -2.21. The molecular formula is C21H17ClF4N6O2. The van der Waals surface area contributed by atoms with Crippen molar-refractivity contribution in [2.45, 2.75) is 26.1 Å². The van der Waals surface area contributed by atoms with Gasteiger partial charge in [-0.25, -0.2) is 32.5 Å². The van der Waals surface area contributed by atoms with Gasteiger partial charge in [-0.3, -0.25) is 4.68 Å². The molecule has 0 spiro atoms. The monoisotopic (exact) mass is 496 g/mol. The molecule has 0 aliphatic heterocycles. The molecule has 0 aliphatic rings. The topological polar surface area (TPSA) is 101 Å². The summed E-state index contributed by atoms with van der Waals surface area (Å²) in [4.78, 5) is 12.2. The number of nitrogen functional groups attached to an aromatic ring is 1. The van der Waals surface area contributed by atoms with E-state index in [0.29, 0.717) is 5.82 Å². The molecule has 0 fully saturated rings. The van der Waals surface area contributed by atoms with Crippen molar-refractivity contribution in [2.24, 2.45) is 7.05 Å². The maximum atomic E-state index is 14.9. The lowest BCUT2D eigenvalue weighted by Gasteiger charge is -2.20. The highest BCUT2D eigenvalue weighted by Gasteiger charge is 2.26. The Morgan fingerprint density at radius 3 is 2.59 bits per heavy atom. The van der Waals surface area contributed by atoms with Gasteiger partial charge in [-0.05, 0) is 25.1 Å². The van der Waals surface area contributed by atoms with Crippen molar-refractivity contribution in [3.05, 3.63) is 53.3 Å². The van der Waals surface area contributed by atoms with Crippen LogP contribution in [0.2, 0.25) is 5.02 Å².